The molecule has 8 heteroatoms. The number of rotatable bonds is 5. The Morgan fingerprint density at radius 1 is 1.23 bits per heavy atom. The van der Waals surface area contributed by atoms with E-state index in [4.69, 9.17) is 11.6 Å². The number of para-hydroxylation sites is 1. The van der Waals surface area contributed by atoms with Crippen molar-refractivity contribution >= 4 is 44.7 Å². The molecular formula is C18H18ClN3O3S. The monoisotopic (exact) mass is 391 g/mol. The Labute approximate surface area is 157 Å². The lowest BCUT2D eigenvalue weighted by Crippen LogP contribution is -2.25. The van der Waals surface area contributed by atoms with Gasteiger partial charge in [-0.2, -0.15) is 8.42 Å². The summed E-state index contributed by atoms with van der Waals surface area (Å²) in [6.07, 6.45) is 0.575. The lowest BCUT2D eigenvalue weighted by Gasteiger charge is -2.20. The van der Waals surface area contributed by atoms with Crippen molar-refractivity contribution in [3.8, 4) is 0 Å². The fourth-order valence-corrected chi connectivity index (χ4v) is 4.10. The Bertz CT molecular complexity index is 973. The number of amides is 1. The lowest BCUT2D eigenvalue weighted by molar-refractivity contribution is -0.116. The lowest BCUT2D eigenvalue weighted by atomic mass is 10.0. The first kappa shape index (κ1) is 18.4. The fourth-order valence-electron chi connectivity index (χ4n) is 2.75. The molecule has 2 N–H and O–H groups in total. The summed E-state index contributed by atoms with van der Waals surface area (Å²) in [4.78, 5) is 12.3. The predicted octanol–water partition coefficient (Wildman–Crippen LogP) is 3.91. The van der Waals surface area contributed by atoms with Crippen LogP contribution in [0, 0.1) is 5.92 Å². The van der Waals surface area contributed by atoms with Gasteiger partial charge in [0.15, 0.2) is 0 Å². The molecule has 0 saturated heterocycles. The Morgan fingerprint density at radius 3 is 2.77 bits per heavy atom. The van der Waals surface area contributed by atoms with Gasteiger partial charge in [0.2, 0.25) is 5.91 Å². The maximum atomic E-state index is 12.2. The van der Waals surface area contributed by atoms with Gasteiger partial charge < -0.3 is 10.6 Å². The minimum absolute atomic E-state index is 0.0964. The minimum atomic E-state index is -3.71. The maximum Gasteiger partial charge on any atom is 0.286 e. The number of fused-ring (bicyclic) bond motifs is 1. The molecule has 1 amide bonds. The molecule has 0 spiro atoms. The fraction of sp³-hybridized carbons (Fsp3) is 0.222. The molecule has 1 aliphatic rings. The molecule has 3 rings (SSSR count). The van der Waals surface area contributed by atoms with Crippen LogP contribution in [0.2, 0.25) is 5.02 Å². The normalized spacial score (nSPS) is 16.0. The number of nitrogens with one attached hydrogen (secondary N) is 2. The third kappa shape index (κ3) is 4.42. The van der Waals surface area contributed by atoms with Crippen LogP contribution in [0.5, 0.6) is 0 Å². The molecule has 0 saturated carbocycles. The van der Waals surface area contributed by atoms with E-state index in [1.165, 1.54) is 6.07 Å². The molecule has 0 radical (unpaired) electrons. The van der Waals surface area contributed by atoms with Gasteiger partial charge in [0.05, 0.1) is 5.69 Å². The number of anilines is 2. The summed E-state index contributed by atoms with van der Waals surface area (Å²) in [5, 5.41) is 6.36. The number of benzene rings is 2. The van der Waals surface area contributed by atoms with E-state index >= 15 is 0 Å². The largest absolute Gasteiger partial charge is 0.342 e. The van der Waals surface area contributed by atoms with Gasteiger partial charge in [-0.15, -0.1) is 4.40 Å². The Hall–Kier alpha value is -2.38. The third-order valence-corrected chi connectivity index (χ3v) is 5.47. The highest BCUT2D eigenvalue weighted by atomic mass is 35.5. The van der Waals surface area contributed by atoms with Gasteiger partial charge in [0.1, 0.15) is 10.7 Å². The van der Waals surface area contributed by atoms with Crippen LogP contribution >= 0.6 is 11.6 Å². The van der Waals surface area contributed by atoms with E-state index in [0.717, 1.165) is 0 Å². The van der Waals surface area contributed by atoms with Crippen molar-refractivity contribution in [3.63, 3.8) is 0 Å². The van der Waals surface area contributed by atoms with Crippen molar-refractivity contribution in [3.05, 3.63) is 53.6 Å². The van der Waals surface area contributed by atoms with Gasteiger partial charge in [-0.25, -0.2) is 0 Å². The number of carbonyl (C=O) groups excluding carboxylic acids is 1. The van der Waals surface area contributed by atoms with Crippen LogP contribution in [-0.2, 0) is 14.8 Å². The van der Waals surface area contributed by atoms with E-state index in [2.05, 4.69) is 15.0 Å². The van der Waals surface area contributed by atoms with E-state index in [-0.39, 0.29) is 23.1 Å². The SMILES string of the molecule is CC(CC(=O)Nc1cccc(Cl)c1)CC1=NS(=O)(=O)c2ccccc2N1. The van der Waals surface area contributed by atoms with Crippen LogP contribution in [0.15, 0.2) is 57.8 Å². The molecule has 1 unspecified atom stereocenters. The first-order valence-corrected chi connectivity index (χ1v) is 9.90. The van der Waals surface area contributed by atoms with Crippen LogP contribution in [0.25, 0.3) is 0 Å². The highest BCUT2D eigenvalue weighted by molar-refractivity contribution is 7.90. The molecule has 0 aliphatic carbocycles. The summed E-state index contributed by atoms with van der Waals surface area (Å²) in [6, 6.07) is 13.5. The quantitative estimate of drug-likeness (QED) is 0.808. The number of halogens is 1. The predicted molar refractivity (Wildman–Crippen MR) is 103 cm³/mol. The number of hydrogen-bond acceptors (Lipinski definition) is 4. The topological polar surface area (TPSA) is 87.6 Å². The number of nitrogens with zero attached hydrogens (tertiary/aromatic N) is 1. The van der Waals surface area contributed by atoms with Gasteiger partial charge in [0, 0.05) is 23.6 Å². The van der Waals surface area contributed by atoms with Gasteiger partial charge >= 0.3 is 0 Å². The molecular weight excluding hydrogens is 374 g/mol. The summed E-state index contributed by atoms with van der Waals surface area (Å²) >= 11 is 5.90. The van der Waals surface area contributed by atoms with Crippen molar-refractivity contribution < 1.29 is 13.2 Å². The summed E-state index contributed by atoms with van der Waals surface area (Å²) in [7, 11) is -3.71. The third-order valence-electron chi connectivity index (χ3n) is 3.86. The molecule has 1 aliphatic heterocycles. The van der Waals surface area contributed by atoms with Crippen LogP contribution in [0.4, 0.5) is 11.4 Å². The van der Waals surface area contributed by atoms with Crippen molar-refractivity contribution in [2.24, 2.45) is 10.3 Å². The average Bonchev–Trinajstić information content (AvgIpc) is 2.53. The van der Waals surface area contributed by atoms with Crippen LogP contribution in [-0.4, -0.2) is 20.2 Å². The van der Waals surface area contributed by atoms with E-state index < -0.39 is 10.0 Å². The van der Waals surface area contributed by atoms with E-state index in [1.807, 2.05) is 6.92 Å². The maximum absolute atomic E-state index is 12.2. The number of sulfonamides is 1. The van der Waals surface area contributed by atoms with E-state index in [9.17, 15) is 13.2 Å². The Morgan fingerprint density at radius 2 is 2.00 bits per heavy atom. The average molecular weight is 392 g/mol. The molecule has 6 nitrogen and oxygen atoms in total. The van der Waals surface area contributed by atoms with Crippen LogP contribution in [0.3, 0.4) is 0 Å². The number of carbonyl (C=O) groups is 1. The highest BCUT2D eigenvalue weighted by Crippen LogP contribution is 2.28. The van der Waals surface area contributed by atoms with Gasteiger partial charge in [0.25, 0.3) is 10.0 Å². The number of hydrogen-bond donors (Lipinski definition) is 2. The Kier molecular flexibility index (Phi) is 5.29. The van der Waals surface area contributed by atoms with Crippen molar-refractivity contribution in [2.75, 3.05) is 10.6 Å². The molecule has 0 fully saturated rings. The zero-order valence-corrected chi connectivity index (χ0v) is 15.6. The minimum Gasteiger partial charge on any atom is -0.342 e. The van der Waals surface area contributed by atoms with Crippen molar-refractivity contribution in [1.82, 2.24) is 0 Å². The highest BCUT2D eigenvalue weighted by Gasteiger charge is 2.25. The van der Waals surface area contributed by atoms with Crippen molar-refractivity contribution in [2.45, 2.75) is 24.7 Å². The second-order valence-corrected chi connectivity index (χ2v) is 8.22. The number of amidine groups is 1. The molecule has 0 aromatic heterocycles. The van der Waals surface area contributed by atoms with Crippen molar-refractivity contribution in [1.29, 1.82) is 0 Å². The molecule has 0 bridgehead atoms. The standard InChI is InChI=1S/C18H18ClN3O3S/c1-12(10-18(23)20-14-6-4-5-13(19)11-14)9-17-21-15-7-2-3-8-16(15)26(24,25)22-17/h2-8,11-12H,9-10H2,1H3,(H,20,23)(H,21,22). The smallest absolute Gasteiger partial charge is 0.286 e. The molecule has 2 aromatic rings. The molecule has 1 atom stereocenters. The zero-order chi connectivity index (χ0) is 18.7. The Balaban J connectivity index is 1.63. The van der Waals surface area contributed by atoms with Crippen LogP contribution in [0.1, 0.15) is 19.8 Å². The molecule has 1 heterocycles. The first-order chi connectivity index (χ1) is 12.3. The molecule has 26 heavy (non-hydrogen) atoms. The second kappa shape index (κ2) is 7.47. The van der Waals surface area contributed by atoms with Crippen LogP contribution < -0.4 is 10.6 Å². The summed E-state index contributed by atoms with van der Waals surface area (Å²) in [6.45, 7) is 1.87. The summed E-state index contributed by atoms with van der Waals surface area (Å²) in [5.74, 6) is 0.0760. The first-order valence-electron chi connectivity index (χ1n) is 8.09. The van der Waals surface area contributed by atoms with E-state index in [0.29, 0.717) is 28.7 Å². The van der Waals surface area contributed by atoms with E-state index in [1.54, 1.807) is 42.5 Å². The zero-order valence-electron chi connectivity index (χ0n) is 14.1. The van der Waals surface area contributed by atoms with Gasteiger partial charge in [-0.1, -0.05) is 36.7 Å². The van der Waals surface area contributed by atoms with Gasteiger partial charge in [-0.05, 0) is 36.2 Å². The summed E-state index contributed by atoms with van der Waals surface area (Å²) < 4.78 is 28.3. The molecule has 136 valence electrons. The van der Waals surface area contributed by atoms with Gasteiger partial charge in [-0.3, -0.25) is 4.79 Å². The summed E-state index contributed by atoms with van der Waals surface area (Å²) in [5.41, 5.74) is 1.13. The second-order valence-electron chi connectivity index (χ2n) is 6.21. The molecule has 2 aromatic carbocycles.